The van der Waals surface area contributed by atoms with Crippen LogP contribution >= 0.6 is 0 Å². The summed E-state index contributed by atoms with van der Waals surface area (Å²) in [7, 11) is 0. The van der Waals surface area contributed by atoms with Gasteiger partial charge in [0, 0.05) is 6.42 Å². The fourth-order valence-electron chi connectivity index (χ4n) is 5.11. The van der Waals surface area contributed by atoms with Gasteiger partial charge in [0.05, 0.1) is 11.1 Å². The van der Waals surface area contributed by atoms with Crippen LogP contribution in [0.5, 0.6) is 0 Å². The summed E-state index contributed by atoms with van der Waals surface area (Å²) in [5.41, 5.74) is 10.8. The third kappa shape index (κ3) is 7.94. The van der Waals surface area contributed by atoms with Gasteiger partial charge < -0.3 is 0 Å². The van der Waals surface area contributed by atoms with E-state index in [-0.39, 0.29) is 6.29 Å². The van der Waals surface area contributed by atoms with E-state index < -0.39 is 11.9 Å². The largest absolute Gasteiger partial charge is 0.373 e. The van der Waals surface area contributed by atoms with E-state index in [2.05, 4.69) is 6.92 Å². The van der Waals surface area contributed by atoms with Crippen molar-refractivity contribution in [3.05, 3.63) is 80.0 Å². The molecule has 0 fully saturated rings. The van der Waals surface area contributed by atoms with Crippen molar-refractivity contribution in [2.75, 3.05) is 0 Å². The van der Waals surface area contributed by atoms with Crippen LogP contribution in [0.3, 0.4) is 0 Å². The van der Waals surface area contributed by atoms with Gasteiger partial charge in [0.1, 0.15) is 0 Å². The van der Waals surface area contributed by atoms with E-state index in [1.165, 1.54) is 0 Å². The van der Waals surface area contributed by atoms with Gasteiger partial charge in [0.25, 0.3) is 0 Å². The summed E-state index contributed by atoms with van der Waals surface area (Å²) in [4.78, 5) is 47.5. The van der Waals surface area contributed by atoms with E-state index in [1.54, 1.807) is 0 Å². The normalized spacial score (nSPS) is 11.3. The summed E-state index contributed by atoms with van der Waals surface area (Å²) in [6.45, 7) is 23.5. The second-order valence-corrected chi connectivity index (χ2v) is 11.0. The van der Waals surface area contributed by atoms with Crippen molar-refractivity contribution in [2.24, 2.45) is 0 Å². The van der Waals surface area contributed by atoms with Crippen LogP contribution in [0.1, 0.15) is 128 Å². The maximum Gasteiger partial charge on any atom is 0.373 e. The number of carbonyl (C=O) groups excluding carboxylic acids is 2. The summed E-state index contributed by atoms with van der Waals surface area (Å²) < 4.78 is 0. The zero-order chi connectivity index (χ0) is 30.1. The molecule has 6 nitrogen and oxygen atoms in total. The Hall–Kier alpha value is -2.70. The number of hydrogen-bond acceptors (Lipinski definition) is 6. The highest BCUT2D eigenvalue weighted by Crippen LogP contribution is 2.29. The molecule has 2 rings (SSSR count). The first-order valence-electron chi connectivity index (χ1n) is 14.4. The molecule has 0 heterocycles. The summed E-state index contributed by atoms with van der Waals surface area (Å²) in [6.07, 6.45) is 7.37. The first kappa shape index (κ1) is 33.5. The molecule has 0 N–H and O–H groups in total. The molecule has 220 valence electrons. The third-order valence-corrected chi connectivity index (χ3v) is 8.71. The third-order valence-electron chi connectivity index (χ3n) is 8.71. The van der Waals surface area contributed by atoms with Crippen LogP contribution in [0, 0.1) is 82.5 Å². The number of rotatable bonds is 14. The lowest BCUT2D eigenvalue weighted by molar-refractivity contribution is -0.364. The fourth-order valence-corrected chi connectivity index (χ4v) is 5.11. The van der Waals surface area contributed by atoms with Crippen molar-refractivity contribution in [1.29, 1.82) is 0 Å². The van der Waals surface area contributed by atoms with Crippen molar-refractivity contribution in [3.8, 4) is 0 Å². The molecule has 0 aromatic heterocycles. The predicted molar refractivity (Wildman–Crippen MR) is 159 cm³/mol. The minimum atomic E-state index is -0.613. The van der Waals surface area contributed by atoms with E-state index in [9.17, 15) is 9.59 Å². The summed E-state index contributed by atoms with van der Waals surface area (Å²) in [5.74, 6) is -1.23. The average Bonchev–Trinajstić information content (AvgIpc) is 2.93. The second kappa shape index (κ2) is 15.3. The Morgan fingerprint density at radius 2 is 0.750 bits per heavy atom. The van der Waals surface area contributed by atoms with Gasteiger partial charge in [-0.2, -0.15) is 0 Å². The highest BCUT2D eigenvalue weighted by atomic mass is 17.3. The summed E-state index contributed by atoms with van der Waals surface area (Å²) >= 11 is 0. The highest BCUT2D eigenvalue weighted by molar-refractivity contribution is 5.94. The molecule has 2 aromatic rings. The molecule has 6 heteroatoms. The quantitative estimate of drug-likeness (QED) is 0.132. The molecule has 0 aliphatic heterocycles. The lowest BCUT2D eigenvalue weighted by Gasteiger charge is -2.19. The van der Waals surface area contributed by atoms with Gasteiger partial charge in [0.15, 0.2) is 0 Å². The average molecular weight is 553 g/mol. The molecular formula is C34H48O6. The SMILES string of the molecule is [CH2]CCCCCCCC[C](OOC(=O)c1c(C)c(C)c(C)c(C)c1C)OOC(=O)c1c(C)c(C)c(C)c(C)c1C. The first-order chi connectivity index (χ1) is 18.8. The molecule has 40 heavy (non-hydrogen) atoms. The van der Waals surface area contributed by atoms with Crippen molar-refractivity contribution < 1.29 is 29.1 Å². The van der Waals surface area contributed by atoms with Gasteiger partial charge in [-0.3, -0.25) is 9.78 Å². The number of carbonyl (C=O) groups is 2. The monoisotopic (exact) mass is 552 g/mol. The van der Waals surface area contributed by atoms with E-state index >= 15 is 0 Å². The Balaban J connectivity index is 2.15. The molecule has 0 unspecified atom stereocenters. The van der Waals surface area contributed by atoms with E-state index in [4.69, 9.17) is 19.6 Å². The molecule has 0 saturated heterocycles. The number of benzene rings is 2. The summed E-state index contributed by atoms with van der Waals surface area (Å²) in [6, 6.07) is 0. The van der Waals surface area contributed by atoms with Crippen molar-refractivity contribution in [2.45, 2.75) is 121 Å². The van der Waals surface area contributed by atoms with Crippen molar-refractivity contribution in [1.82, 2.24) is 0 Å². The van der Waals surface area contributed by atoms with Gasteiger partial charge in [-0.05, 0) is 131 Å². The number of hydrogen-bond donors (Lipinski definition) is 0. The molecule has 0 spiro atoms. The van der Waals surface area contributed by atoms with Crippen LogP contribution in [-0.4, -0.2) is 11.9 Å². The van der Waals surface area contributed by atoms with E-state index in [0.717, 1.165) is 101 Å². The van der Waals surface area contributed by atoms with E-state index in [0.29, 0.717) is 17.5 Å². The standard InChI is InChI=1S/C34H48O6/c1-12-13-14-15-16-17-18-19-30(37-39-33(35)31-26(8)22(4)20(2)23(5)27(31)9)38-40-34(36)32-28(10)24(6)21(3)25(7)29(32)11/h1,12-19H2,2-11H3. The maximum atomic E-state index is 13.1. The second-order valence-electron chi connectivity index (χ2n) is 11.0. The Morgan fingerprint density at radius 1 is 0.450 bits per heavy atom. The Morgan fingerprint density at radius 3 is 1.10 bits per heavy atom. The predicted octanol–water partition coefficient (Wildman–Crippen LogP) is 9.09. The minimum Gasteiger partial charge on any atom is -0.289 e. The van der Waals surface area contributed by atoms with Gasteiger partial charge in [0.2, 0.25) is 0 Å². The minimum absolute atomic E-state index is 0.0637. The van der Waals surface area contributed by atoms with Crippen LogP contribution in [0.2, 0.25) is 0 Å². The fraction of sp³-hybridized carbons (Fsp3) is 0.529. The van der Waals surface area contributed by atoms with Crippen LogP contribution in [0.15, 0.2) is 0 Å². The van der Waals surface area contributed by atoms with E-state index in [1.807, 2.05) is 69.2 Å². The zero-order valence-electron chi connectivity index (χ0n) is 26.3. The molecule has 2 aromatic carbocycles. The topological polar surface area (TPSA) is 71.1 Å². The highest BCUT2D eigenvalue weighted by Gasteiger charge is 2.26. The van der Waals surface area contributed by atoms with Crippen LogP contribution < -0.4 is 0 Å². The smallest absolute Gasteiger partial charge is 0.289 e. The van der Waals surface area contributed by atoms with Crippen LogP contribution in [0.4, 0.5) is 0 Å². The van der Waals surface area contributed by atoms with Gasteiger partial charge in [-0.1, -0.05) is 45.4 Å². The van der Waals surface area contributed by atoms with Gasteiger partial charge in [-0.15, -0.1) is 9.78 Å². The molecule has 0 saturated carbocycles. The van der Waals surface area contributed by atoms with Gasteiger partial charge >= 0.3 is 18.2 Å². The molecule has 2 radical (unpaired) electrons. The van der Waals surface area contributed by atoms with Crippen molar-refractivity contribution >= 4 is 11.9 Å². The Kier molecular flexibility index (Phi) is 12.9. The summed E-state index contributed by atoms with van der Waals surface area (Å²) in [5, 5.41) is 0. The molecule has 0 bridgehead atoms. The Bertz CT molecular complexity index is 1070. The number of unbranched alkanes of at least 4 members (excludes halogenated alkanes) is 6. The maximum absolute atomic E-state index is 13.1. The lowest BCUT2D eigenvalue weighted by Crippen LogP contribution is -2.19. The molecule has 0 aliphatic rings. The Labute approximate surface area is 241 Å². The van der Waals surface area contributed by atoms with Crippen molar-refractivity contribution in [3.63, 3.8) is 0 Å². The lowest BCUT2D eigenvalue weighted by atomic mass is 9.90. The van der Waals surface area contributed by atoms with Crippen LogP contribution in [-0.2, 0) is 19.6 Å². The molecular weight excluding hydrogens is 504 g/mol. The van der Waals surface area contributed by atoms with Crippen LogP contribution in [0.25, 0.3) is 0 Å². The molecule has 0 aliphatic carbocycles. The zero-order valence-corrected chi connectivity index (χ0v) is 26.3. The molecule has 0 atom stereocenters. The van der Waals surface area contributed by atoms with Gasteiger partial charge in [-0.25, -0.2) is 9.59 Å². The first-order valence-corrected chi connectivity index (χ1v) is 14.4. The molecule has 0 amide bonds.